The Morgan fingerprint density at radius 1 is 1.25 bits per heavy atom. The number of ether oxygens (including phenoxy) is 1. The van der Waals surface area contributed by atoms with E-state index in [-0.39, 0.29) is 0 Å². The Morgan fingerprint density at radius 2 is 1.90 bits per heavy atom. The number of thiophene rings is 1. The van der Waals surface area contributed by atoms with Crippen molar-refractivity contribution in [3.63, 3.8) is 0 Å². The van der Waals surface area contributed by atoms with Crippen molar-refractivity contribution < 1.29 is 14.3 Å². The molecule has 3 N–H and O–H groups in total. The zero-order chi connectivity index (χ0) is 14.7. The zero-order valence-electron chi connectivity index (χ0n) is 11.1. The molecule has 20 heavy (non-hydrogen) atoms. The number of rotatable bonds is 3. The Bertz CT molecular complexity index is 650. The van der Waals surface area contributed by atoms with E-state index in [1.807, 2.05) is 37.3 Å². The Kier molecular flexibility index (Phi) is 4.05. The summed E-state index contributed by atoms with van der Waals surface area (Å²) in [5, 5.41) is 2.93. The fourth-order valence-corrected chi connectivity index (χ4v) is 3.03. The number of anilines is 1. The third-order valence-corrected chi connectivity index (χ3v) is 3.81. The smallest absolute Gasteiger partial charge is 0.411 e. The molecule has 0 aliphatic carbocycles. The first kappa shape index (κ1) is 14.1. The largest absolute Gasteiger partial charge is 0.453 e. The predicted octanol–water partition coefficient (Wildman–Crippen LogP) is 3.00. The lowest BCUT2D eigenvalue weighted by molar-refractivity contribution is 0.100. The molecule has 0 aliphatic rings. The standard InChI is InChI=1S/C14H14N2O3S/c1-8-10(9-6-4-3-5-7-9)11(12(15)17)13(20-8)16-14(18)19-2/h3-7H,1-2H3,(H2,15,17)(H,16,18). The lowest BCUT2D eigenvalue weighted by atomic mass is 10.0. The summed E-state index contributed by atoms with van der Waals surface area (Å²) in [6, 6.07) is 9.44. The minimum absolute atomic E-state index is 0.309. The molecule has 0 fully saturated rings. The summed E-state index contributed by atoms with van der Waals surface area (Å²) in [5.41, 5.74) is 7.40. The molecule has 2 rings (SSSR count). The van der Waals surface area contributed by atoms with Gasteiger partial charge in [0.15, 0.2) is 0 Å². The number of methoxy groups -OCH3 is 1. The van der Waals surface area contributed by atoms with E-state index in [1.54, 1.807) is 0 Å². The quantitative estimate of drug-likeness (QED) is 0.911. The van der Waals surface area contributed by atoms with E-state index < -0.39 is 12.0 Å². The molecular formula is C14H14N2O3S. The Hall–Kier alpha value is -2.34. The average Bonchev–Trinajstić information content (AvgIpc) is 2.76. The predicted molar refractivity (Wildman–Crippen MR) is 79.0 cm³/mol. The summed E-state index contributed by atoms with van der Waals surface area (Å²) in [6.45, 7) is 1.88. The van der Waals surface area contributed by atoms with Crippen LogP contribution in [0.15, 0.2) is 30.3 Å². The highest BCUT2D eigenvalue weighted by Gasteiger charge is 2.22. The Morgan fingerprint density at radius 3 is 2.45 bits per heavy atom. The summed E-state index contributed by atoms with van der Waals surface area (Å²) in [6.07, 6.45) is -0.631. The molecular weight excluding hydrogens is 276 g/mol. The van der Waals surface area contributed by atoms with Crippen molar-refractivity contribution in [2.75, 3.05) is 12.4 Å². The SMILES string of the molecule is COC(=O)Nc1sc(C)c(-c2ccccc2)c1C(N)=O. The van der Waals surface area contributed by atoms with Crippen molar-refractivity contribution in [1.29, 1.82) is 0 Å². The maximum atomic E-state index is 11.7. The number of nitrogens with one attached hydrogen (secondary N) is 1. The molecule has 0 unspecified atom stereocenters. The van der Waals surface area contributed by atoms with Crippen LogP contribution in [0, 0.1) is 6.92 Å². The van der Waals surface area contributed by atoms with Gasteiger partial charge in [-0.05, 0) is 12.5 Å². The van der Waals surface area contributed by atoms with E-state index >= 15 is 0 Å². The maximum Gasteiger partial charge on any atom is 0.411 e. The second-order valence-electron chi connectivity index (χ2n) is 4.08. The normalized spacial score (nSPS) is 10.1. The highest BCUT2D eigenvalue weighted by Crippen LogP contribution is 2.39. The number of amides is 2. The van der Waals surface area contributed by atoms with Crippen LogP contribution >= 0.6 is 11.3 Å². The molecule has 1 heterocycles. The van der Waals surface area contributed by atoms with E-state index in [9.17, 15) is 9.59 Å². The highest BCUT2D eigenvalue weighted by molar-refractivity contribution is 7.17. The minimum Gasteiger partial charge on any atom is -0.453 e. The molecule has 0 bridgehead atoms. The van der Waals surface area contributed by atoms with Crippen LogP contribution < -0.4 is 11.1 Å². The van der Waals surface area contributed by atoms with Gasteiger partial charge in [0.25, 0.3) is 5.91 Å². The van der Waals surface area contributed by atoms with Crippen LogP contribution in [0.5, 0.6) is 0 Å². The van der Waals surface area contributed by atoms with Gasteiger partial charge >= 0.3 is 6.09 Å². The van der Waals surface area contributed by atoms with Crippen molar-refractivity contribution in [1.82, 2.24) is 0 Å². The monoisotopic (exact) mass is 290 g/mol. The number of hydrogen-bond acceptors (Lipinski definition) is 4. The van der Waals surface area contributed by atoms with Gasteiger partial charge in [-0.25, -0.2) is 4.79 Å². The van der Waals surface area contributed by atoms with Crippen molar-refractivity contribution in [3.8, 4) is 11.1 Å². The first-order valence-electron chi connectivity index (χ1n) is 5.88. The van der Waals surface area contributed by atoms with E-state index in [1.165, 1.54) is 18.4 Å². The number of nitrogens with two attached hydrogens (primary N) is 1. The van der Waals surface area contributed by atoms with Gasteiger partial charge in [-0.15, -0.1) is 11.3 Å². The van der Waals surface area contributed by atoms with Gasteiger partial charge in [0.1, 0.15) is 5.00 Å². The summed E-state index contributed by atoms with van der Waals surface area (Å²) in [4.78, 5) is 24.0. The zero-order valence-corrected chi connectivity index (χ0v) is 11.9. The summed E-state index contributed by atoms with van der Waals surface area (Å²) in [5.74, 6) is -0.584. The van der Waals surface area contributed by atoms with Crippen LogP contribution in [0.25, 0.3) is 11.1 Å². The molecule has 1 aromatic carbocycles. The van der Waals surface area contributed by atoms with Gasteiger partial charge < -0.3 is 10.5 Å². The molecule has 0 atom stereocenters. The van der Waals surface area contributed by atoms with Crippen LogP contribution in [-0.2, 0) is 4.74 Å². The summed E-state index contributed by atoms with van der Waals surface area (Å²) >= 11 is 1.30. The first-order chi connectivity index (χ1) is 9.54. The van der Waals surface area contributed by atoms with Gasteiger partial charge in [0.05, 0.1) is 12.7 Å². The summed E-state index contributed by atoms with van der Waals surface area (Å²) < 4.78 is 4.55. The van der Waals surface area contributed by atoms with E-state index in [2.05, 4.69) is 10.1 Å². The Balaban J connectivity index is 2.57. The van der Waals surface area contributed by atoms with E-state index in [0.29, 0.717) is 10.6 Å². The Labute approximate surface area is 120 Å². The second-order valence-corrected chi connectivity index (χ2v) is 5.31. The third-order valence-electron chi connectivity index (χ3n) is 2.79. The fourth-order valence-electron chi connectivity index (χ4n) is 1.96. The summed E-state index contributed by atoms with van der Waals surface area (Å²) in [7, 11) is 1.26. The lowest BCUT2D eigenvalue weighted by Gasteiger charge is -2.06. The second kappa shape index (κ2) is 5.75. The molecule has 0 radical (unpaired) electrons. The number of carbonyl (C=O) groups is 2. The van der Waals surface area contributed by atoms with Crippen LogP contribution in [0.3, 0.4) is 0 Å². The number of aryl methyl sites for hydroxylation is 1. The number of hydrogen-bond donors (Lipinski definition) is 2. The number of primary amides is 1. The van der Waals surface area contributed by atoms with Crippen LogP contribution in [0.1, 0.15) is 15.2 Å². The fraction of sp³-hybridized carbons (Fsp3) is 0.143. The lowest BCUT2D eigenvalue weighted by Crippen LogP contribution is -2.17. The van der Waals surface area contributed by atoms with Gasteiger partial charge in [0.2, 0.25) is 0 Å². The highest BCUT2D eigenvalue weighted by atomic mass is 32.1. The third kappa shape index (κ3) is 2.65. The molecule has 2 amide bonds. The molecule has 0 saturated heterocycles. The van der Waals surface area contributed by atoms with Crippen LogP contribution in [0.4, 0.5) is 9.80 Å². The molecule has 1 aromatic heterocycles. The number of carbonyl (C=O) groups excluding carboxylic acids is 2. The number of benzene rings is 1. The van der Waals surface area contributed by atoms with E-state index in [4.69, 9.17) is 5.73 Å². The van der Waals surface area contributed by atoms with E-state index in [0.717, 1.165) is 16.0 Å². The van der Waals surface area contributed by atoms with Crippen LogP contribution in [0.2, 0.25) is 0 Å². The van der Waals surface area contributed by atoms with Gasteiger partial charge in [-0.3, -0.25) is 10.1 Å². The van der Waals surface area contributed by atoms with Crippen molar-refractivity contribution in [3.05, 3.63) is 40.8 Å². The molecule has 2 aromatic rings. The van der Waals surface area contributed by atoms with Gasteiger partial charge in [0, 0.05) is 10.4 Å². The molecule has 5 nitrogen and oxygen atoms in total. The molecule has 104 valence electrons. The molecule has 0 aliphatic heterocycles. The topological polar surface area (TPSA) is 81.4 Å². The maximum absolute atomic E-state index is 11.7. The average molecular weight is 290 g/mol. The van der Waals surface area contributed by atoms with Gasteiger partial charge in [-0.2, -0.15) is 0 Å². The molecule has 0 saturated carbocycles. The van der Waals surface area contributed by atoms with Crippen molar-refractivity contribution in [2.45, 2.75) is 6.92 Å². The van der Waals surface area contributed by atoms with Crippen LogP contribution in [-0.4, -0.2) is 19.1 Å². The first-order valence-corrected chi connectivity index (χ1v) is 6.69. The minimum atomic E-state index is -0.631. The van der Waals surface area contributed by atoms with Crippen molar-refractivity contribution in [2.24, 2.45) is 5.73 Å². The molecule has 0 spiro atoms. The van der Waals surface area contributed by atoms with Crippen molar-refractivity contribution >= 4 is 28.3 Å². The van der Waals surface area contributed by atoms with Gasteiger partial charge in [-0.1, -0.05) is 30.3 Å². The molecule has 6 heteroatoms.